The molecule has 1 unspecified atom stereocenters. The average molecular weight is 647 g/mol. The van der Waals surface area contributed by atoms with Crippen molar-refractivity contribution in [3.05, 3.63) is 88.4 Å². The second-order valence-electron chi connectivity index (χ2n) is 13.0. The molecule has 0 saturated carbocycles. The predicted molar refractivity (Wildman–Crippen MR) is 181 cm³/mol. The highest BCUT2D eigenvalue weighted by Gasteiger charge is 2.39. The molecule has 46 heavy (non-hydrogen) atoms. The van der Waals surface area contributed by atoms with E-state index in [0.717, 1.165) is 48.6 Å². The molecule has 2 heterocycles. The minimum atomic E-state index is -0.949. The van der Waals surface area contributed by atoms with Crippen LogP contribution in [0, 0.1) is 5.41 Å². The zero-order chi connectivity index (χ0) is 33.0. The Hall–Kier alpha value is -4.08. The molecule has 2 amide bonds. The van der Waals surface area contributed by atoms with E-state index in [1.165, 1.54) is 4.90 Å². The van der Waals surface area contributed by atoms with Crippen LogP contribution in [0.25, 0.3) is 11.1 Å². The SMILES string of the molecule is CCOC(=O)c1ccc(N2CCN(Cc3cc(C(=O)N4CCN(C(=O)O)C(C(C)(C)C)C4)ccc3-c3ccc(Cl)cc3)CC2)cc1. The topological polar surface area (TPSA) is 93.6 Å². The van der Waals surface area contributed by atoms with E-state index in [4.69, 9.17) is 16.3 Å². The van der Waals surface area contributed by atoms with Gasteiger partial charge in [0.25, 0.3) is 5.91 Å². The Kier molecular flexibility index (Phi) is 10.2. The van der Waals surface area contributed by atoms with E-state index >= 15 is 0 Å². The van der Waals surface area contributed by atoms with Crippen molar-refractivity contribution in [1.82, 2.24) is 14.7 Å². The Morgan fingerprint density at radius 1 is 0.870 bits per heavy atom. The summed E-state index contributed by atoms with van der Waals surface area (Å²) in [6.45, 7) is 13.2. The largest absolute Gasteiger partial charge is 0.465 e. The number of ether oxygens (including phenoxy) is 1. The fourth-order valence-electron chi connectivity index (χ4n) is 6.32. The average Bonchev–Trinajstić information content (AvgIpc) is 3.05. The van der Waals surface area contributed by atoms with Gasteiger partial charge in [-0.2, -0.15) is 0 Å². The molecule has 0 spiro atoms. The van der Waals surface area contributed by atoms with E-state index in [2.05, 4.69) is 9.80 Å². The minimum absolute atomic E-state index is 0.0840. The fraction of sp³-hybridized carbons (Fsp3) is 0.417. The summed E-state index contributed by atoms with van der Waals surface area (Å²) in [6.07, 6.45) is -0.949. The molecule has 2 aliphatic rings. The van der Waals surface area contributed by atoms with E-state index in [9.17, 15) is 19.5 Å². The Morgan fingerprint density at radius 3 is 2.13 bits per heavy atom. The third-order valence-electron chi connectivity index (χ3n) is 8.93. The number of amides is 2. The lowest BCUT2D eigenvalue weighted by atomic mass is 9.84. The molecule has 2 saturated heterocycles. The second kappa shape index (κ2) is 14.1. The molecule has 9 nitrogen and oxygen atoms in total. The number of nitrogens with zero attached hydrogens (tertiary/aromatic N) is 4. The van der Waals surface area contributed by atoms with Crippen LogP contribution < -0.4 is 4.90 Å². The van der Waals surface area contributed by atoms with Gasteiger partial charge in [0.1, 0.15) is 0 Å². The van der Waals surface area contributed by atoms with Crippen molar-refractivity contribution in [2.75, 3.05) is 57.3 Å². The zero-order valence-corrected chi connectivity index (χ0v) is 27.8. The first-order chi connectivity index (χ1) is 21.9. The zero-order valence-electron chi connectivity index (χ0n) is 27.0. The molecule has 5 rings (SSSR count). The van der Waals surface area contributed by atoms with Crippen LogP contribution in [0.15, 0.2) is 66.7 Å². The normalized spacial score (nSPS) is 17.6. The van der Waals surface area contributed by atoms with Crippen LogP contribution in [0.5, 0.6) is 0 Å². The van der Waals surface area contributed by atoms with Crippen LogP contribution in [0.3, 0.4) is 0 Å². The number of piperazine rings is 2. The number of carboxylic acid groups (broad SMARTS) is 1. The number of benzene rings is 3. The van der Waals surface area contributed by atoms with E-state index in [1.54, 1.807) is 11.8 Å². The first-order valence-corrected chi connectivity index (χ1v) is 16.2. The van der Waals surface area contributed by atoms with Gasteiger partial charge in [0.2, 0.25) is 0 Å². The Labute approximate surface area is 276 Å². The number of anilines is 1. The maximum atomic E-state index is 13.9. The Balaban J connectivity index is 1.33. The van der Waals surface area contributed by atoms with E-state index in [1.807, 2.05) is 87.5 Å². The number of hydrogen-bond acceptors (Lipinski definition) is 6. The number of halogens is 1. The quantitative estimate of drug-likeness (QED) is 0.299. The van der Waals surface area contributed by atoms with Crippen molar-refractivity contribution in [3.8, 4) is 11.1 Å². The van der Waals surface area contributed by atoms with Crippen molar-refractivity contribution >= 4 is 35.3 Å². The van der Waals surface area contributed by atoms with E-state index < -0.39 is 6.09 Å². The minimum Gasteiger partial charge on any atom is -0.465 e. The molecule has 2 fully saturated rings. The Bertz CT molecular complexity index is 1550. The van der Waals surface area contributed by atoms with Crippen LogP contribution in [0.4, 0.5) is 10.5 Å². The van der Waals surface area contributed by atoms with Crippen molar-refractivity contribution < 1.29 is 24.2 Å². The van der Waals surface area contributed by atoms with Crippen molar-refractivity contribution in [1.29, 1.82) is 0 Å². The van der Waals surface area contributed by atoms with Crippen LogP contribution in [-0.4, -0.2) is 96.2 Å². The van der Waals surface area contributed by atoms with Gasteiger partial charge in [0.15, 0.2) is 0 Å². The predicted octanol–water partition coefficient (Wildman–Crippen LogP) is 6.36. The van der Waals surface area contributed by atoms with E-state index in [-0.39, 0.29) is 29.9 Å². The summed E-state index contributed by atoms with van der Waals surface area (Å²) in [6, 6.07) is 20.9. The highest BCUT2D eigenvalue weighted by molar-refractivity contribution is 6.30. The molecule has 0 bridgehead atoms. The van der Waals surface area contributed by atoms with Gasteiger partial charge >= 0.3 is 12.1 Å². The van der Waals surface area contributed by atoms with Gasteiger partial charge in [-0.3, -0.25) is 9.69 Å². The lowest BCUT2D eigenvalue weighted by Gasteiger charge is -2.46. The molecule has 1 atom stereocenters. The van der Waals surface area contributed by atoms with Crippen molar-refractivity contribution in [2.24, 2.45) is 5.41 Å². The van der Waals surface area contributed by atoms with Crippen LogP contribution in [0.2, 0.25) is 5.02 Å². The summed E-state index contributed by atoms with van der Waals surface area (Å²) in [5, 5.41) is 10.4. The number of esters is 1. The molecule has 1 N–H and O–H groups in total. The van der Waals surface area contributed by atoms with Gasteiger partial charge in [-0.1, -0.05) is 50.6 Å². The molecule has 0 aromatic heterocycles. The molecule has 0 aliphatic carbocycles. The summed E-state index contributed by atoms with van der Waals surface area (Å²) >= 11 is 6.20. The number of carbonyl (C=O) groups is 3. The summed E-state index contributed by atoms with van der Waals surface area (Å²) in [7, 11) is 0. The second-order valence-corrected chi connectivity index (χ2v) is 13.5. The highest BCUT2D eigenvalue weighted by atomic mass is 35.5. The van der Waals surface area contributed by atoms with Crippen molar-refractivity contribution in [2.45, 2.75) is 40.3 Å². The van der Waals surface area contributed by atoms with Gasteiger partial charge < -0.3 is 24.5 Å². The molecule has 3 aromatic rings. The lowest BCUT2D eigenvalue weighted by Crippen LogP contribution is -2.60. The van der Waals surface area contributed by atoms with Crippen molar-refractivity contribution in [3.63, 3.8) is 0 Å². The molecule has 3 aromatic carbocycles. The van der Waals surface area contributed by atoms with Crippen LogP contribution in [0.1, 0.15) is 54.0 Å². The van der Waals surface area contributed by atoms with E-state index in [0.29, 0.717) is 42.4 Å². The summed E-state index contributed by atoms with van der Waals surface area (Å²) in [5.41, 5.74) is 5.03. The molecular weight excluding hydrogens is 604 g/mol. The summed E-state index contributed by atoms with van der Waals surface area (Å²) < 4.78 is 5.11. The van der Waals surface area contributed by atoms with Gasteiger partial charge in [-0.05, 0) is 77.6 Å². The molecular formula is C36H43ClN4O5. The smallest absolute Gasteiger partial charge is 0.407 e. The maximum absolute atomic E-state index is 13.9. The first kappa shape index (κ1) is 33.3. The number of carbonyl (C=O) groups excluding carboxylic acids is 2. The van der Waals surface area contributed by atoms with Gasteiger partial charge in [0.05, 0.1) is 18.2 Å². The monoisotopic (exact) mass is 646 g/mol. The molecule has 244 valence electrons. The maximum Gasteiger partial charge on any atom is 0.407 e. The third kappa shape index (κ3) is 7.65. The third-order valence-corrected chi connectivity index (χ3v) is 9.18. The molecule has 0 radical (unpaired) electrons. The summed E-state index contributed by atoms with van der Waals surface area (Å²) in [5.74, 6) is -0.396. The molecule has 10 heteroatoms. The van der Waals surface area contributed by atoms with Crippen LogP contribution in [-0.2, 0) is 11.3 Å². The van der Waals surface area contributed by atoms with Gasteiger partial charge in [0, 0.05) is 68.6 Å². The van der Waals surface area contributed by atoms with Gasteiger partial charge in [-0.25, -0.2) is 9.59 Å². The van der Waals surface area contributed by atoms with Gasteiger partial charge in [-0.15, -0.1) is 0 Å². The first-order valence-electron chi connectivity index (χ1n) is 15.9. The number of hydrogen-bond donors (Lipinski definition) is 1. The molecule has 2 aliphatic heterocycles. The summed E-state index contributed by atoms with van der Waals surface area (Å²) in [4.78, 5) is 45.8. The standard InChI is InChI=1S/C36H43ClN4O5/c1-5-46-34(43)26-8-13-30(14-9-26)39-18-16-38(17-19-39)23-28-22-27(10-15-31(28)25-6-11-29(37)12-7-25)33(42)40-20-21-41(35(44)45)32(24-40)36(2,3)4/h6-15,22,32H,5,16-21,23-24H2,1-4H3,(H,44,45). The fourth-order valence-corrected chi connectivity index (χ4v) is 6.44. The number of rotatable bonds is 7. The highest BCUT2D eigenvalue weighted by Crippen LogP contribution is 2.31. The van der Waals surface area contributed by atoms with Crippen LogP contribution >= 0.6 is 11.6 Å². The Morgan fingerprint density at radius 2 is 1.52 bits per heavy atom. The lowest BCUT2D eigenvalue weighted by molar-refractivity contribution is 0.0198.